The molecule has 26 heavy (non-hydrogen) atoms. The Bertz CT molecular complexity index is 1060. The summed E-state index contributed by atoms with van der Waals surface area (Å²) in [6.07, 6.45) is 0. The quantitative estimate of drug-likeness (QED) is 0.541. The summed E-state index contributed by atoms with van der Waals surface area (Å²) in [6.45, 7) is 13.9. The molecule has 0 spiro atoms. The van der Waals surface area contributed by atoms with Crippen molar-refractivity contribution in [2.75, 3.05) is 6.54 Å². The Balaban J connectivity index is 2.44. The Labute approximate surface area is 160 Å². The van der Waals surface area contributed by atoms with E-state index in [2.05, 4.69) is 46.1 Å². The summed E-state index contributed by atoms with van der Waals surface area (Å²) in [5.41, 5.74) is 3.18. The van der Waals surface area contributed by atoms with Gasteiger partial charge in [-0.3, -0.25) is 0 Å². The number of hydrogen-bond acceptors (Lipinski definition) is 3. The van der Waals surface area contributed by atoms with Gasteiger partial charge in [0.05, 0.1) is 15.3 Å². The molecule has 0 N–H and O–H groups in total. The Kier molecular flexibility index (Phi) is 4.30. The average molecular weight is 394 g/mol. The standard InChI is InChI=1S/C20H24ClNO3S/c1-7-22-16-11-15(21)14-10-12(26(23,24)25)8-9-13(14)17(16)20(5,6)18(22)19(2,3)4/h8-11H,7H2,1-6H3. The Morgan fingerprint density at radius 1 is 1.15 bits per heavy atom. The smallest absolute Gasteiger partial charge is 0.211 e. The van der Waals surface area contributed by atoms with Crippen LogP contribution in [0.25, 0.3) is 10.8 Å². The molecular formula is C20H24ClNO3S. The van der Waals surface area contributed by atoms with Gasteiger partial charge in [-0.25, -0.2) is 8.42 Å². The van der Waals surface area contributed by atoms with Crippen LogP contribution in [0, 0.1) is 5.41 Å². The minimum atomic E-state index is -4.53. The van der Waals surface area contributed by atoms with Crippen LogP contribution in [0.3, 0.4) is 0 Å². The van der Waals surface area contributed by atoms with E-state index < -0.39 is 10.1 Å². The molecule has 2 aromatic rings. The van der Waals surface area contributed by atoms with Gasteiger partial charge in [0.1, 0.15) is 16.7 Å². The van der Waals surface area contributed by atoms with Gasteiger partial charge >= 0.3 is 0 Å². The van der Waals surface area contributed by atoms with E-state index in [1.165, 1.54) is 17.8 Å². The molecular weight excluding hydrogens is 370 g/mol. The van der Waals surface area contributed by atoms with Crippen molar-refractivity contribution >= 4 is 43.9 Å². The topological polar surface area (TPSA) is 60.2 Å². The molecule has 0 bridgehead atoms. The number of halogens is 1. The van der Waals surface area contributed by atoms with Crippen molar-refractivity contribution in [1.29, 1.82) is 0 Å². The van der Waals surface area contributed by atoms with Gasteiger partial charge in [0.15, 0.2) is 5.71 Å². The van der Waals surface area contributed by atoms with Crippen molar-refractivity contribution < 1.29 is 17.5 Å². The van der Waals surface area contributed by atoms with Gasteiger partial charge < -0.3 is 4.55 Å². The molecule has 3 rings (SSSR count). The van der Waals surface area contributed by atoms with E-state index in [0.29, 0.717) is 10.4 Å². The van der Waals surface area contributed by atoms with Crippen LogP contribution in [0.1, 0.15) is 47.1 Å². The zero-order valence-electron chi connectivity index (χ0n) is 16.0. The fourth-order valence-corrected chi connectivity index (χ4v) is 5.38. The molecule has 0 atom stereocenters. The molecule has 140 valence electrons. The van der Waals surface area contributed by atoms with Gasteiger partial charge in [0, 0.05) is 22.4 Å². The van der Waals surface area contributed by atoms with E-state index in [4.69, 9.17) is 11.6 Å². The highest BCUT2D eigenvalue weighted by molar-refractivity contribution is 7.85. The molecule has 1 aliphatic rings. The molecule has 0 aliphatic carbocycles. The molecule has 0 fully saturated rings. The van der Waals surface area contributed by atoms with Crippen LogP contribution in [-0.4, -0.2) is 29.8 Å². The summed E-state index contributed by atoms with van der Waals surface area (Å²) < 4.78 is 36.6. The van der Waals surface area contributed by atoms with Gasteiger partial charge in [-0.1, -0.05) is 38.4 Å². The van der Waals surface area contributed by atoms with Gasteiger partial charge in [0.25, 0.3) is 0 Å². The predicted molar refractivity (Wildman–Crippen MR) is 105 cm³/mol. The lowest BCUT2D eigenvalue weighted by atomic mass is 9.70. The Morgan fingerprint density at radius 2 is 1.77 bits per heavy atom. The molecule has 0 aromatic heterocycles. The van der Waals surface area contributed by atoms with Crippen molar-refractivity contribution in [1.82, 2.24) is 0 Å². The van der Waals surface area contributed by atoms with Crippen molar-refractivity contribution in [3.8, 4) is 0 Å². The van der Waals surface area contributed by atoms with Crippen LogP contribution in [0.2, 0.25) is 5.02 Å². The normalized spacial score (nSPS) is 17.1. The van der Waals surface area contributed by atoms with E-state index >= 15 is 0 Å². The molecule has 0 unspecified atom stereocenters. The molecule has 0 saturated heterocycles. The maximum atomic E-state index is 11.4. The minimum absolute atomic E-state index is 0.0460. The zero-order valence-corrected chi connectivity index (χ0v) is 17.5. The van der Waals surface area contributed by atoms with E-state index in [-0.39, 0.29) is 15.7 Å². The lowest BCUT2D eigenvalue weighted by Crippen LogP contribution is -2.39. The summed E-state index contributed by atoms with van der Waals surface area (Å²) in [4.78, 5) is -0.255. The fourth-order valence-electron chi connectivity index (χ4n) is 4.62. The van der Waals surface area contributed by atoms with Gasteiger partial charge in [-0.05, 0) is 38.3 Å². The number of hydrogen-bond donors (Lipinski definition) is 0. The second kappa shape index (κ2) is 5.78. The number of benzene rings is 2. The van der Waals surface area contributed by atoms with E-state index in [0.717, 1.165) is 23.2 Å². The first-order valence-corrected chi connectivity index (χ1v) is 10.5. The molecule has 4 nitrogen and oxygen atoms in total. The maximum Gasteiger partial charge on any atom is 0.211 e. The molecule has 1 heterocycles. The van der Waals surface area contributed by atoms with Crippen molar-refractivity contribution in [2.24, 2.45) is 5.41 Å². The largest absolute Gasteiger partial charge is 0.744 e. The Morgan fingerprint density at radius 3 is 2.27 bits per heavy atom. The van der Waals surface area contributed by atoms with Crippen LogP contribution in [0.5, 0.6) is 0 Å². The maximum absolute atomic E-state index is 11.4. The Hall–Kier alpha value is -1.43. The average Bonchev–Trinajstić information content (AvgIpc) is 2.72. The highest BCUT2D eigenvalue weighted by atomic mass is 35.5. The fraction of sp³-hybridized carbons (Fsp3) is 0.450. The number of rotatable bonds is 2. The van der Waals surface area contributed by atoms with Crippen LogP contribution < -0.4 is 0 Å². The van der Waals surface area contributed by atoms with E-state index in [1.54, 1.807) is 6.07 Å². The monoisotopic (exact) mass is 393 g/mol. The third-order valence-electron chi connectivity index (χ3n) is 5.13. The van der Waals surface area contributed by atoms with Crippen LogP contribution in [0.4, 0.5) is 5.69 Å². The van der Waals surface area contributed by atoms with Crippen LogP contribution in [0.15, 0.2) is 29.2 Å². The lowest BCUT2D eigenvalue weighted by Gasteiger charge is -2.27. The first-order valence-electron chi connectivity index (χ1n) is 8.68. The number of fused-ring (bicyclic) bond motifs is 3. The summed E-state index contributed by atoms with van der Waals surface area (Å²) >= 11 is 6.51. The number of nitrogens with zero attached hydrogens (tertiary/aromatic N) is 1. The van der Waals surface area contributed by atoms with Gasteiger partial charge in [-0.15, -0.1) is 0 Å². The summed E-state index contributed by atoms with van der Waals surface area (Å²) in [5.74, 6) is 0. The third kappa shape index (κ3) is 2.77. The summed E-state index contributed by atoms with van der Waals surface area (Å²) in [5, 5.41) is 1.94. The molecule has 0 radical (unpaired) electrons. The highest BCUT2D eigenvalue weighted by Gasteiger charge is 2.51. The molecule has 0 amide bonds. The summed E-state index contributed by atoms with van der Waals surface area (Å²) in [6, 6.07) is 6.38. The zero-order chi connectivity index (χ0) is 19.7. The SMILES string of the molecule is CC[N+]1=C(C(C)(C)C)C(C)(C)c2c1cc(Cl)c1cc(S(=O)(=O)[O-])ccc21. The second-order valence-corrected chi connectivity index (χ2v) is 10.2. The summed E-state index contributed by atoms with van der Waals surface area (Å²) in [7, 11) is -4.53. The highest BCUT2D eigenvalue weighted by Crippen LogP contribution is 2.49. The first kappa shape index (κ1) is 19.3. The van der Waals surface area contributed by atoms with Crippen molar-refractivity contribution in [2.45, 2.75) is 51.9 Å². The lowest BCUT2D eigenvalue weighted by molar-refractivity contribution is -0.438. The van der Waals surface area contributed by atoms with Gasteiger partial charge in [0.2, 0.25) is 5.69 Å². The second-order valence-electron chi connectivity index (χ2n) is 8.38. The van der Waals surface area contributed by atoms with Crippen LogP contribution >= 0.6 is 11.6 Å². The van der Waals surface area contributed by atoms with E-state index in [9.17, 15) is 13.0 Å². The molecule has 2 aromatic carbocycles. The van der Waals surface area contributed by atoms with E-state index in [1.807, 2.05) is 6.07 Å². The molecule has 0 saturated carbocycles. The third-order valence-corrected chi connectivity index (χ3v) is 6.27. The predicted octanol–water partition coefficient (Wildman–Crippen LogP) is 4.84. The minimum Gasteiger partial charge on any atom is -0.744 e. The first-order chi connectivity index (χ1) is 11.8. The van der Waals surface area contributed by atoms with Crippen LogP contribution in [-0.2, 0) is 15.5 Å². The van der Waals surface area contributed by atoms with Crippen molar-refractivity contribution in [3.63, 3.8) is 0 Å². The van der Waals surface area contributed by atoms with Crippen molar-refractivity contribution in [3.05, 3.63) is 34.9 Å². The molecule has 1 aliphatic heterocycles. The molecule has 6 heteroatoms. The van der Waals surface area contributed by atoms with Gasteiger partial charge in [-0.2, -0.15) is 4.58 Å².